The molecular formula is C18H19N3O2. The fourth-order valence-electron chi connectivity index (χ4n) is 2.13. The summed E-state index contributed by atoms with van der Waals surface area (Å²) in [5.41, 5.74) is 2.98. The maximum absolute atomic E-state index is 11.4. The fourth-order valence-corrected chi connectivity index (χ4v) is 2.13. The third-order valence-electron chi connectivity index (χ3n) is 3.06. The number of ether oxygens (including phenoxy) is 1. The number of nitrogens with zero attached hydrogens (tertiary/aromatic N) is 2. The van der Waals surface area contributed by atoms with E-state index in [1.165, 1.54) is 6.92 Å². The second kappa shape index (κ2) is 7.89. The summed E-state index contributed by atoms with van der Waals surface area (Å²) in [7, 11) is 0. The normalized spacial score (nSPS) is 10.5. The van der Waals surface area contributed by atoms with Crippen LogP contribution in [0.3, 0.4) is 0 Å². The SMILES string of the molecule is C=Nc1c(/C=C\C)cc(OCc2cccnc2)cc1NC(C)=O. The van der Waals surface area contributed by atoms with Crippen molar-refractivity contribution in [1.29, 1.82) is 0 Å². The highest BCUT2D eigenvalue weighted by molar-refractivity contribution is 5.94. The zero-order chi connectivity index (χ0) is 16.7. The van der Waals surface area contributed by atoms with E-state index >= 15 is 0 Å². The number of amides is 1. The summed E-state index contributed by atoms with van der Waals surface area (Å²) >= 11 is 0. The summed E-state index contributed by atoms with van der Waals surface area (Å²) in [6.45, 7) is 7.33. The predicted molar refractivity (Wildman–Crippen MR) is 93.2 cm³/mol. The van der Waals surface area contributed by atoms with Gasteiger partial charge in [0.1, 0.15) is 12.4 Å². The van der Waals surface area contributed by atoms with Crippen LogP contribution >= 0.6 is 0 Å². The molecule has 2 aromatic rings. The van der Waals surface area contributed by atoms with E-state index < -0.39 is 0 Å². The van der Waals surface area contributed by atoms with E-state index in [9.17, 15) is 4.79 Å². The molecule has 1 N–H and O–H groups in total. The van der Waals surface area contributed by atoms with Crippen molar-refractivity contribution in [2.24, 2.45) is 4.99 Å². The number of hydrogen-bond donors (Lipinski definition) is 1. The highest BCUT2D eigenvalue weighted by Crippen LogP contribution is 2.35. The molecule has 5 nitrogen and oxygen atoms in total. The monoisotopic (exact) mass is 309 g/mol. The summed E-state index contributed by atoms with van der Waals surface area (Å²) in [6.07, 6.45) is 7.26. The Balaban J connectivity index is 2.33. The number of nitrogens with one attached hydrogen (secondary N) is 1. The number of aromatic nitrogens is 1. The maximum atomic E-state index is 11.4. The lowest BCUT2D eigenvalue weighted by molar-refractivity contribution is -0.114. The molecule has 0 saturated carbocycles. The molecule has 1 aromatic heterocycles. The van der Waals surface area contributed by atoms with Crippen molar-refractivity contribution in [2.75, 3.05) is 5.32 Å². The van der Waals surface area contributed by atoms with Gasteiger partial charge in [-0.05, 0) is 25.8 Å². The van der Waals surface area contributed by atoms with Crippen LogP contribution in [0.4, 0.5) is 11.4 Å². The predicted octanol–water partition coefficient (Wildman–Crippen LogP) is 3.98. The molecule has 23 heavy (non-hydrogen) atoms. The van der Waals surface area contributed by atoms with Gasteiger partial charge in [-0.2, -0.15) is 0 Å². The van der Waals surface area contributed by atoms with Gasteiger partial charge in [0.2, 0.25) is 5.91 Å². The molecule has 0 saturated heterocycles. The lowest BCUT2D eigenvalue weighted by Gasteiger charge is -2.13. The van der Waals surface area contributed by atoms with Crippen molar-refractivity contribution in [3.8, 4) is 5.75 Å². The zero-order valence-corrected chi connectivity index (χ0v) is 13.2. The molecule has 0 spiro atoms. The average molecular weight is 309 g/mol. The minimum absolute atomic E-state index is 0.175. The minimum Gasteiger partial charge on any atom is -0.489 e. The number of carbonyl (C=O) groups is 1. The standard InChI is InChI=1S/C18H19N3O2/c1-4-6-15-9-16(23-12-14-7-5-8-20-11-14)10-17(18(15)19-3)21-13(2)22/h4-11H,3,12H2,1-2H3,(H,21,22)/b6-4-. The summed E-state index contributed by atoms with van der Waals surface area (Å²) in [6, 6.07) is 7.41. The second-order valence-electron chi connectivity index (χ2n) is 4.90. The van der Waals surface area contributed by atoms with E-state index in [1.807, 2.05) is 37.3 Å². The van der Waals surface area contributed by atoms with Gasteiger partial charge in [0, 0.05) is 36.5 Å². The zero-order valence-electron chi connectivity index (χ0n) is 13.2. The van der Waals surface area contributed by atoms with E-state index in [4.69, 9.17) is 4.74 Å². The van der Waals surface area contributed by atoms with Gasteiger partial charge in [-0.3, -0.25) is 14.8 Å². The molecule has 0 fully saturated rings. The first-order valence-corrected chi connectivity index (χ1v) is 7.20. The van der Waals surface area contributed by atoms with Gasteiger partial charge in [0.25, 0.3) is 0 Å². The van der Waals surface area contributed by atoms with Crippen molar-refractivity contribution in [3.63, 3.8) is 0 Å². The molecule has 1 heterocycles. The molecule has 5 heteroatoms. The lowest BCUT2D eigenvalue weighted by Crippen LogP contribution is -2.07. The Morgan fingerprint density at radius 1 is 1.48 bits per heavy atom. The van der Waals surface area contributed by atoms with Crippen LogP contribution in [0.5, 0.6) is 5.75 Å². The van der Waals surface area contributed by atoms with E-state index in [0.29, 0.717) is 23.7 Å². The third kappa shape index (κ3) is 4.51. The van der Waals surface area contributed by atoms with E-state index in [2.05, 4.69) is 22.0 Å². The molecular weight excluding hydrogens is 290 g/mol. The van der Waals surface area contributed by atoms with Crippen molar-refractivity contribution >= 4 is 30.1 Å². The Bertz CT molecular complexity index is 725. The molecule has 0 aliphatic heterocycles. The van der Waals surface area contributed by atoms with Crippen LogP contribution < -0.4 is 10.1 Å². The number of benzene rings is 1. The third-order valence-corrected chi connectivity index (χ3v) is 3.06. The highest BCUT2D eigenvalue weighted by atomic mass is 16.5. The van der Waals surface area contributed by atoms with Gasteiger partial charge in [-0.1, -0.05) is 18.2 Å². The average Bonchev–Trinajstić information content (AvgIpc) is 2.53. The van der Waals surface area contributed by atoms with Crippen LogP contribution in [0.2, 0.25) is 0 Å². The van der Waals surface area contributed by atoms with Crippen LogP contribution in [-0.4, -0.2) is 17.6 Å². The number of pyridine rings is 1. The van der Waals surface area contributed by atoms with Crippen LogP contribution in [-0.2, 0) is 11.4 Å². The number of anilines is 1. The molecule has 0 unspecified atom stereocenters. The summed E-state index contributed by atoms with van der Waals surface area (Å²) in [5, 5.41) is 2.76. The fraction of sp³-hybridized carbons (Fsp3) is 0.167. The van der Waals surface area contributed by atoms with E-state index in [1.54, 1.807) is 18.5 Å². The van der Waals surface area contributed by atoms with Crippen LogP contribution in [0.15, 0.2) is 47.7 Å². The molecule has 1 amide bonds. The quantitative estimate of drug-likeness (QED) is 0.821. The van der Waals surface area contributed by atoms with Crippen molar-refractivity contribution in [1.82, 2.24) is 4.98 Å². The first kappa shape index (κ1) is 16.4. The summed E-state index contributed by atoms with van der Waals surface area (Å²) < 4.78 is 5.81. The van der Waals surface area contributed by atoms with Gasteiger partial charge >= 0.3 is 0 Å². The first-order valence-electron chi connectivity index (χ1n) is 7.20. The molecule has 0 atom stereocenters. The maximum Gasteiger partial charge on any atom is 0.221 e. The number of rotatable bonds is 6. The molecule has 0 radical (unpaired) electrons. The topological polar surface area (TPSA) is 63.6 Å². The van der Waals surface area contributed by atoms with E-state index in [-0.39, 0.29) is 5.91 Å². The molecule has 1 aromatic carbocycles. The van der Waals surface area contributed by atoms with Crippen LogP contribution in [0.1, 0.15) is 25.0 Å². The first-order chi connectivity index (χ1) is 11.1. The Morgan fingerprint density at radius 2 is 2.30 bits per heavy atom. The smallest absolute Gasteiger partial charge is 0.221 e. The molecule has 2 rings (SSSR count). The van der Waals surface area contributed by atoms with Gasteiger partial charge in [-0.15, -0.1) is 0 Å². The summed E-state index contributed by atoms with van der Waals surface area (Å²) in [5.74, 6) is 0.462. The van der Waals surface area contributed by atoms with Crippen LogP contribution in [0.25, 0.3) is 6.08 Å². The molecule has 0 bridgehead atoms. The highest BCUT2D eigenvalue weighted by Gasteiger charge is 2.10. The Morgan fingerprint density at radius 3 is 2.91 bits per heavy atom. The van der Waals surface area contributed by atoms with Gasteiger partial charge in [0.05, 0.1) is 11.4 Å². The largest absolute Gasteiger partial charge is 0.489 e. The van der Waals surface area contributed by atoms with Gasteiger partial charge in [-0.25, -0.2) is 0 Å². The minimum atomic E-state index is -0.175. The molecule has 0 aliphatic rings. The Labute approximate surface area is 135 Å². The number of aliphatic imine (C=N–C) groups is 1. The van der Waals surface area contributed by atoms with E-state index in [0.717, 1.165) is 11.1 Å². The van der Waals surface area contributed by atoms with Crippen molar-refractivity contribution in [2.45, 2.75) is 20.5 Å². The van der Waals surface area contributed by atoms with Crippen LogP contribution in [0, 0.1) is 0 Å². The Hall–Kier alpha value is -2.95. The van der Waals surface area contributed by atoms with Crippen molar-refractivity contribution in [3.05, 3.63) is 53.9 Å². The van der Waals surface area contributed by atoms with Gasteiger partial charge in [0.15, 0.2) is 0 Å². The number of carbonyl (C=O) groups excluding carboxylic acids is 1. The lowest BCUT2D eigenvalue weighted by atomic mass is 10.1. The summed E-state index contributed by atoms with van der Waals surface area (Å²) in [4.78, 5) is 19.5. The van der Waals surface area contributed by atoms with Crippen molar-refractivity contribution < 1.29 is 9.53 Å². The number of hydrogen-bond acceptors (Lipinski definition) is 4. The molecule has 0 aliphatic carbocycles. The van der Waals surface area contributed by atoms with Gasteiger partial charge < -0.3 is 10.1 Å². The second-order valence-corrected chi connectivity index (χ2v) is 4.90. The number of allylic oxidation sites excluding steroid dienone is 1. The molecule has 118 valence electrons. The Kier molecular flexibility index (Phi) is 5.63.